The van der Waals surface area contributed by atoms with Crippen molar-refractivity contribution in [3.8, 4) is 0 Å². The number of nitrogens with one attached hydrogen (secondary N) is 2. The standard InChI is InChI=1S/C14H13BrClN3O/c1-8-9(15)4-3-5-11(8)18-14(20)13-10(16)6-7-12(17-2)19-13/h3-7H,1-2H3,(H,17,19)(H,18,20). The molecule has 0 aliphatic heterocycles. The van der Waals surface area contributed by atoms with Crippen LogP contribution in [0, 0.1) is 6.92 Å². The van der Waals surface area contributed by atoms with Gasteiger partial charge in [-0.05, 0) is 36.8 Å². The van der Waals surface area contributed by atoms with Crippen molar-refractivity contribution in [2.75, 3.05) is 17.7 Å². The molecule has 1 heterocycles. The number of amides is 1. The van der Waals surface area contributed by atoms with Crippen LogP contribution in [0.5, 0.6) is 0 Å². The van der Waals surface area contributed by atoms with Crippen LogP contribution in [-0.2, 0) is 0 Å². The van der Waals surface area contributed by atoms with Crippen molar-refractivity contribution in [3.05, 3.63) is 51.1 Å². The molecule has 0 aliphatic carbocycles. The van der Waals surface area contributed by atoms with E-state index in [0.29, 0.717) is 10.8 Å². The van der Waals surface area contributed by atoms with Gasteiger partial charge in [0, 0.05) is 17.2 Å². The summed E-state index contributed by atoms with van der Waals surface area (Å²) in [5.74, 6) is 0.249. The van der Waals surface area contributed by atoms with Crippen LogP contribution in [0.4, 0.5) is 11.5 Å². The summed E-state index contributed by atoms with van der Waals surface area (Å²) in [6, 6.07) is 8.95. The van der Waals surface area contributed by atoms with E-state index in [4.69, 9.17) is 11.6 Å². The Morgan fingerprint density at radius 1 is 1.30 bits per heavy atom. The van der Waals surface area contributed by atoms with Gasteiger partial charge in [-0.3, -0.25) is 4.79 Å². The first-order valence-corrected chi connectivity index (χ1v) is 7.10. The summed E-state index contributed by atoms with van der Waals surface area (Å²) >= 11 is 9.45. The van der Waals surface area contributed by atoms with Crippen LogP contribution in [0.3, 0.4) is 0 Å². The number of rotatable bonds is 3. The molecule has 0 saturated carbocycles. The minimum atomic E-state index is -0.340. The number of aromatic nitrogens is 1. The lowest BCUT2D eigenvalue weighted by molar-refractivity contribution is 0.102. The summed E-state index contributed by atoms with van der Waals surface area (Å²) in [5.41, 5.74) is 1.86. The minimum Gasteiger partial charge on any atom is -0.373 e. The van der Waals surface area contributed by atoms with E-state index in [1.165, 1.54) is 0 Å². The molecular formula is C14H13BrClN3O. The van der Waals surface area contributed by atoms with Gasteiger partial charge >= 0.3 is 0 Å². The molecule has 2 N–H and O–H groups in total. The molecule has 1 amide bonds. The highest BCUT2D eigenvalue weighted by molar-refractivity contribution is 9.10. The third-order valence-electron chi connectivity index (χ3n) is 2.83. The predicted molar refractivity (Wildman–Crippen MR) is 85.6 cm³/mol. The van der Waals surface area contributed by atoms with Gasteiger partial charge in [0.25, 0.3) is 5.91 Å². The van der Waals surface area contributed by atoms with Gasteiger partial charge in [-0.25, -0.2) is 4.98 Å². The van der Waals surface area contributed by atoms with Gasteiger partial charge in [0.15, 0.2) is 0 Å². The zero-order valence-corrected chi connectivity index (χ0v) is 13.3. The molecule has 2 rings (SSSR count). The van der Waals surface area contributed by atoms with Gasteiger partial charge in [-0.1, -0.05) is 33.6 Å². The van der Waals surface area contributed by atoms with Crippen LogP contribution in [0.2, 0.25) is 5.02 Å². The Bertz CT molecular complexity index is 661. The molecule has 104 valence electrons. The van der Waals surface area contributed by atoms with Crippen molar-refractivity contribution in [1.29, 1.82) is 0 Å². The van der Waals surface area contributed by atoms with Crippen LogP contribution < -0.4 is 10.6 Å². The topological polar surface area (TPSA) is 54.0 Å². The number of hydrogen-bond acceptors (Lipinski definition) is 3. The molecule has 0 atom stereocenters. The van der Waals surface area contributed by atoms with E-state index in [2.05, 4.69) is 31.5 Å². The highest BCUT2D eigenvalue weighted by atomic mass is 79.9. The summed E-state index contributed by atoms with van der Waals surface area (Å²) in [5, 5.41) is 6.01. The lowest BCUT2D eigenvalue weighted by atomic mass is 10.2. The Labute approximate surface area is 130 Å². The molecule has 20 heavy (non-hydrogen) atoms. The van der Waals surface area contributed by atoms with Crippen molar-refractivity contribution >= 4 is 44.9 Å². The predicted octanol–water partition coefficient (Wildman–Crippen LogP) is 4.10. The fourth-order valence-electron chi connectivity index (χ4n) is 1.67. The second-order valence-corrected chi connectivity index (χ2v) is 5.40. The number of benzene rings is 1. The van der Waals surface area contributed by atoms with Crippen molar-refractivity contribution in [2.24, 2.45) is 0 Å². The zero-order valence-electron chi connectivity index (χ0n) is 11.0. The van der Waals surface area contributed by atoms with Gasteiger partial charge in [0.05, 0.1) is 5.02 Å². The van der Waals surface area contributed by atoms with Gasteiger partial charge in [-0.2, -0.15) is 0 Å². The number of pyridine rings is 1. The molecule has 2 aromatic rings. The largest absolute Gasteiger partial charge is 0.373 e. The Kier molecular flexibility index (Phi) is 4.62. The van der Waals surface area contributed by atoms with Crippen molar-refractivity contribution in [3.63, 3.8) is 0 Å². The van der Waals surface area contributed by atoms with Gasteiger partial charge < -0.3 is 10.6 Å². The molecule has 6 heteroatoms. The third kappa shape index (κ3) is 3.11. The molecule has 1 aromatic heterocycles. The summed E-state index contributed by atoms with van der Waals surface area (Å²) in [6.45, 7) is 1.92. The maximum atomic E-state index is 12.3. The molecule has 4 nitrogen and oxygen atoms in total. The van der Waals surface area contributed by atoms with E-state index in [-0.39, 0.29) is 11.6 Å². The second kappa shape index (κ2) is 6.24. The number of nitrogens with zero attached hydrogens (tertiary/aromatic N) is 1. The lowest BCUT2D eigenvalue weighted by Gasteiger charge is -2.10. The Morgan fingerprint density at radius 3 is 2.75 bits per heavy atom. The highest BCUT2D eigenvalue weighted by Crippen LogP contribution is 2.25. The second-order valence-electron chi connectivity index (χ2n) is 4.14. The van der Waals surface area contributed by atoms with E-state index in [1.807, 2.05) is 25.1 Å². The minimum absolute atomic E-state index is 0.192. The van der Waals surface area contributed by atoms with Crippen LogP contribution in [0.15, 0.2) is 34.8 Å². The Hall–Kier alpha value is -1.59. The lowest BCUT2D eigenvalue weighted by Crippen LogP contribution is -2.15. The fourth-order valence-corrected chi connectivity index (χ4v) is 2.22. The SMILES string of the molecule is CNc1ccc(Cl)c(C(=O)Nc2cccc(Br)c2C)n1. The molecule has 0 fully saturated rings. The highest BCUT2D eigenvalue weighted by Gasteiger charge is 2.14. The average Bonchev–Trinajstić information content (AvgIpc) is 2.44. The van der Waals surface area contributed by atoms with Gasteiger partial charge in [0.1, 0.15) is 11.5 Å². The third-order valence-corrected chi connectivity index (χ3v) is 4.00. The van der Waals surface area contributed by atoms with E-state index in [9.17, 15) is 4.79 Å². The summed E-state index contributed by atoms with van der Waals surface area (Å²) in [6.07, 6.45) is 0. The Morgan fingerprint density at radius 2 is 2.05 bits per heavy atom. The first kappa shape index (κ1) is 14.8. The van der Waals surface area contributed by atoms with E-state index >= 15 is 0 Å². The molecule has 0 aliphatic rings. The number of carbonyl (C=O) groups is 1. The van der Waals surface area contributed by atoms with Crippen molar-refractivity contribution < 1.29 is 4.79 Å². The van der Waals surface area contributed by atoms with Crippen LogP contribution in [0.1, 0.15) is 16.1 Å². The molecule has 1 aromatic carbocycles. The normalized spacial score (nSPS) is 10.2. The molecule has 0 unspecified atom stereocenters. The van der Waals surface area contributed by atoms with Crippen LogP contribution in [-0.4, -0.2) is 17.9 Å². The maximum Gasteiger partial charge on any atom is 0.275 e. The van der Waals surface area contributed by atoms with E-state index in [0.717, 1.165) is 15.7 Å². The van der Waals surface area contributed by atoms with Crippen LogP contribution >= 0.6 is 27.5 Å². The van der Waals surface area contributed by atoms with Gasteiger partial charge in [0.2, 0.25) is 0 Å². The molecule has 0 bridgehead atoms. The summed E-state index contributed by atoms with van der Waals surface area (Å²) in [7, 11) is 1.73. The first-order valence-electron chi connectivity index (χ1n) is 5.93. The monoisotopic (exact) mass is 353 g/mol. The molecular weight excluding hydrogens is 342 g/mol. The number of carbonyl (C=O) groups excluding carboxylic acids is 1. The molecule has 0 saturated heterocycles. The summed E-state index contributed by atoms with van der Waals surface area (Å²) in [4.78, 5) is 16.4. The maximum absolute atomic E-state index is 12.3. The quantitative estimate of drug-likeness (QED) is 0.872. The fraction of sp³-hybridized carbons (Fsp3) is 0.143. The number of anilines is 2. The Balaban J connectivity index is 2.30. The number of halogens is 2. The smallest absolute Gasteiger partial charge is 0.275 e. The van der Waals surface area contributed by atoms with Gasteiger partial charge in [-0.15, -0.1) is 0 Å². The zero-order chi connectivity index (χ0) is 14.7. The van der Waals surface area contributed by atoms with E-state index < -0.39 is 0 Å². The number of hydrogen-bond donors (Lipinski definition) is 2. The average molecular weight is 355 g/mol. The van der Waals surface area contributed by atoms with Crippen molar-refractivity contribution in [2.45, 2.75) is 6.92 Å². The first-order chi connectivity index (χ1) is 9.52. The van der Waals surface area contributed by atoms with E-state index in [1.54, 1.807) is 19.2 Å². The molecule has 0 radical (unpaired) electrons. The van der Waals surface area contributed by atoms with Crippen molar-refractivity contribution in [1.82, 2.24) is 4.98 Å². The summed E-state index contributed by atoms with van der Waals surface area (Å²) < 4.78 is 0.929. The van der Waals surface area contributed by atoms with Crippen LogP contribution in [0.25, 0.3) is 0 Å². The molecule has 0 spiro atoms.